The number of carbonyl (C=O) groups is 1. The van der Waals surface area contributed by atoms with Crippen molar-refractivity contribution in [1.29, 1.82) is 0 Å². The standard InChI is InChI=1S/C15H19N3O2S/c1-2-20-11-4-3-7-18(9-11)14(19)10-5-6-12-13(8-10)21-15(16)17-12/h5-6,8,11H,2-4,7,9H2,1H3,(H2,16,17). The van der Waals surface area contributed by atoms with Gasteiger partial charge in [-0.05, 0) is 38.0 Å². The van der Waals surface area contributed by atoms with E-state index >= 15 is 0 Å². The molecule has 1 aromatic carbocycles. The van der Waals surface area contributed by atoms with Gasteiger partial charge in [0.2, 0.25) is 0 Å². The van der Waals surface area contributed by atoms with Crippen LogP contribution < -0.4 is 5.73 Å². The maximum Gasteiger partial charge on any atom is 0.253 e. The first-order chi connectivity index (χ1) is 10.2. The summed E-state index contributed by atoms with van der Waals surface area (Å²) in [6.07, 6.45) is 2.18. The molecule has 3 rings (SSSR count). The molecule has 5 nitrogen and oxygen atoms in total. The Bertz CT molecular complexity index is 653. The summed E-state index contributed by atoms with van der Waals surface area (Å²) in [6, 6.07) is 5.57. The van der Waals surface area contributed by atoms with E-state index in [1.807, 2.05) is 30.0 Å². The van der Waals surface area contributed by atoms with Crippen LogP contribution in [0.1, 0.15) is 30.1 Å². The van der Waals surface area contributed by atoms with E-state index in [9.17, 15) is 4.79 Å². The largest absolute Gasteiger partial charge is 0.377 e. The Labute approximate surface area is 127 Å². The number of ether oxygens (including phenoxy) is 1. The van der Waals surface area contributed by atoms with Gasteiger partial charge in [-0.2, -0.15) is 0 Å². The maximum atomic E-state index is 12.6. The molecule has 1 saturated heterocycles. The summed E-state index contributed by atoms with van der Waals surface area (Å²) in [5.74, 6) is 0.0632. The van der Waals surface area contributed by atoms with Gasteiger partial charge in [-0.15, -0.1) is 0 Å². The van der Waals surface area contributed by atoms with Crippen LogP contribution >= 0.6 is 11.3 Å². The highest BCUT2D eigenvalue weighted by Gasteiger charge is 2.24. The number of carbonyl (C=O) groups excluding carboxylic acids is 1. The van der Waals surface area contributed by atoms with Crippen LogP contribution in [0.5, 0.6) is 0 Å². The minimum Gasteiger partial charge on any atom is -0.377 e. The summed E-state index contributed by atoms with van der Waals surface area (Å²) in [5.41, 5.74) is 7.25. The zero-order valence-corrected chi connectivity index (χ0v) is 12.9. The number of benzene rings is 1. The number of nitrogen functional groups attached to an aromatic ring is 1. The lowest BCUT2D eigenvalue weighted by atomic mass is 10.1. The number of rotatable bonds is 3. The summed E-state index contributed by atoms with van der Waals surface area (Å²) in [4.78, 5) is 18.7. The first-order valence-corrected chi connectivity index (χ1v) is 8.06. The molecule has 1 atom stereocenters. The van der Waals surface area contributed by atoms with Crippen LogP contribution in [0.4, 0.5) is 5.13 Å². The molecule has 0 radical (unpaired) electrons. The fourth-order valence-electron chi connectivity index (χ4n) is 2.75. The van der Waals surface area contributed by atoms with Gasteiger partial charge in [-0.3, -0.25) is 4.79 Å². The molecule has 1 aromatic heterocycles. The topological polar surface area (TPSA) is 68.5 Å². The van der Waals surface area contributed by atoms with Gasteiger partial charge in [-0.25, -0.2) is 4.98 Å². The van der Waals surface area contributed by atoms with Crippen molar-refractivity contribution >= 4 is 32.6 Å². The molecule has 1 amide bonds. The summed E-state index contributed by atoms with van der Waals surface area (Å²) in [6.45, 7) is 4.16. The fourth-order valence-corrected chi connectivity index (χ4v) is 3.53. The molecular formula is C15H19N3O2S. The van der Waals surface area contributed by atoms with Gasteiger partial charge in [0.25, 0.3) is 5.91 Å². The Hall–Kier alpha value is -1.66. The third-order valence-corrected chi connectivity index (χ3v) is 4.57. The van der Waals surface area contributed by atoms with Gasteiger partial charge in [0.15, 0.2) is 5.13 Å². The van der Waals surface area contributed by atoms with Crippen LogP contribution in [-0.4, -0.2) is 41.6 Å². The molecule has 6 heteroatoms. The van der Waals surface area contributed by atoms with Crippen LogP contribution in [0.15, 0.2) is 18.2 Å². The van der Waals surface area contributed by atoms with E-state index in [-0.39, 0.29) is 12.0 Å². The molecule has 1 aliphatic heterocycles. The Morgan fingerprint density at radius 2 is 2.43 bits per heavy atom. The number of amides is 1. The third-order valence-electron chi connectivity index (χ3n) is 3.72. The van der Waals surface area contributed by atoms with E-state index in [4.69, 9.17) is 10.5 Å². The molecule has 1 unspecified atom stereocenters. The molecule has 112 valence electrons. The van der Waals surface area contributed by atoms with Crippen molar-refractivity contribution in [2.45, 2.75) is 25.9 Å². The number of piperidine rings is 1. The summed E-state index contributed by atoms with van der Waals surface area (Å²) in [7, 11) is 0. The second kappa shape index (κ2) is 5.99. The number of aromatic nitrogens is 1. The number of hydrogen-bond donors (Lipinski definition) is 1. The monoisotopic (exact) mass is 305 g/mol. The number of likely N-dealkylation sites (tertiary alicyclic amines) is 1. The smallest absolute Gasteiger partial charge is 0.253 e. The number of hydrogen-bond acceptors (Lipinski definition) is 5. The minimum absolute atomic E-state index is 0.0632. The SMILES string of the molecule is CCOC1CCCN(C(=O)c2ccc3nc(N)sc3c2)C1. The fraction of sp³-hybridized carbons (Fsp3) is 0.467. The highest BCUT2D eigenvalue weighted by Crippen LogP contribution is 2.25. The zero-order valence-electron chi connectivity index (χ0n) is 12.0. The molecular weight excluding hydrogens is 286 g/mol. The highest BCUT2D eigenvalue weighted by atomic mass is 32.1. The molecule has 2 N–H and O–H groups in total. The van der Waals surface area contributed by atoms with E-state index in [1.54, 1.807) is 0 Å². The Balaban J connectivity index is 1.79. The van der Waals surface area contributed by atoms with E-state index in [0.717, 1.165) is 29.6 Å². The van der Waals surface area contributed by atoms with Crippen molar-refractivity contribution in [3.05, 3.63) is 23.8 Å². The molecule has 0 bridgehead atoms. The van der Waals surface area contributed by atoms with Gasteiger partial charge in [-0.1, -0.05) is 11.3 Å². The van der Waals surface area contributed by atoms with Gasteiger partial charge < -0.3 is 15.4 Å². The quantitative estimate of drug-likeness (QED) is 0.946. The lowest BCUT2D eigenvalue weighted by Gasteiger charge is -2.32. The van der Waals surface area contributed by atoms with Crippen molar-refractivity contribution in [3.8, 4) is 0 Å². The molecule has 0 saturated carbocycles. The average Bonchev–Trinajstić information content (AvgIpc) is 2.86. The van der Waals surface area contributed by atoms with Crippen LogP contribution in [0.3, 0.4) is 0 Å². The van der Waals surface area contributed by atoms with Crippen LogP contribution in [-0.2, 0) is 4.74 Å². The van der Waals surface area contributed by atoms with Crippen molar-refractivity contribution < 1.29 is 9.53 Å². The molecule has 0 spiro atoms. The predicted octanol–water partition coefficient (Wildman–Crippen LogP) is 2.52. The molecule has 1 aliphatic rings. The number of nitrogens with two attached hydrogens (primary N) is 1. The van der Waals surface area contributed by atoms with Crippen molar-refractivity contribution in [2.75, 3.05) is 25.4 Å². The van der Waals surface area contributed by atoms with E-state index in [1.165, 1.54) is 11.3 Å². The van der Waals surface area contributed by atoms with Crippen LogP contribution in [0.25, 0.3) is 10.2 Å². The summed E-state index contributed by atoms with van der Waals surface area (Å²) >= 11 is 1.41. The van der Waals surface area contributed by atoms with Gasteiger partial charge in [0.05, 0.1) is 16.3 Å². The lowest BCUT2D eigenvalue weighted by Crippen LogP contribution is -2.43. The molecule has 2 aromatic rings. The third kappa shape index (κ3) is 3.01. The lowest BCUT2D eigenvalue weighted by molar-refractivity contribution is 0.00725. The Morgan fingerprint density at radius 1 is 1.57 bits per heavy atom. The number of thiazole rings is 1. The van der Waals surface area contributed by atoms with Crippen molar-refractivity contribution in [2.24, 2.45) is 0 Å². The van der Waals surface area contributed by atoms with Crippen molar-refractivity contribution in [3.63, 3.8) is 0 Å². The molecule has 2 heterocycles. The molecule has 1 fully saturated rings. The second-order valence-electron chi connectivity index (χ2n) is 5.21. The van der Waals surface area contributed by atoms with Gasteiger partial charge >= 0.3 is 0 Å². The van der Waals surface area contributed by atoms with E-state index in [2.05, 4.69) is 4.98 Å². The number of nitrogens with zero attached hydrogens (tertiary/aromatic N) is 2. The number of anilines is 1. The summed E-state index contributed by atoms with van der Waals surface area (Å²) in [5, 5.41) is 0.531. The first kappa shape index (κ1) is 14.3. The predicted molar refractivity (Wildman–Crippen MR) is 84.6 cm³/mol. The Kier molecular flexibility index (Phi) is 4.07. The average molecular weight is 305 g/mol. The number of fused-ring (bicyclic) bond motifs is 1. The molecule has 21 heavy (non-hydrogen) atoms. The summed E-state index contributed by atoms with van der Waals surface area (Å²) < 4.78 is 6.61. The zero-order chi connectivity index (χ0) is 14.8. The van der Waals surface area contributed by atoms with Crippen molar-refractivity contribution in [1.82, 2.24) is 9.88 Å². The first-order valence-electron chi connectivity index (χ1n) is 7.24. The van der Waals surface area contributed by atoms with E-state index in [0.29, 0.717) is 23.8 Å². The van der Waals surface area contributed by atoms with E-state index < -0.39 is 0 Å². The van der Waals surface area contributed by atoms with Gasteiger partial charge in [0.1, 0.15) is 0 Å². The Morgan fingerprint density at radius 3 is 3.24 bits per heavy atom. The minimum atomic E-state index is 0.0632. The normalized spacial score (nSPS) is 19.1. The van der Waals surface area contributed by atoms with Gasteiger partial charge in [0, 0.05) is 25.3 Å². The highest BCUT2D eigenvalue weighted by molar-refractivity contribution is 7.22. The maximum absolute atomic E-state index is 12.6. The van der Waals surface area contributed by atoms with Crippen LogP contribution in [0, 0.1) is 0 Å². The second-order valence-corrected chi connectivity index (χ2v) is 6.27. The van der Waals surface area contributed by atoms with Crippen LogP contribution in [0.2, 0.25) is 0 Å². The molecule has 0 aliphatic carbocycles.